The number of hydrogen-bond donors (Lipinski definition) is 1. The molecule has 16 heavy (non-hydrogen) atoms. The highest BCUT2D eigenvalue weighted by atomic mass is 127. The molecular weight excluding hydrogens is 386 g/mol. The Labute approximate surface area is 114 Å². The largest absolute Gasteiger partial charge is 0.395 e. The lowest BCUT2D eigenvalue weighted by Gasteiger charge is -2.09. The van der Waals surface area contributed by atoms with E-state index in [-0.39, 0.29) is 5.69 Å². The lowest BCUT2D eigenvalue weighted by Crippen LogP contribution is -1.98. The zero-order chi connectivity index (χ0) is 11.7. The van der Waals surface area contributed by atoms with E-state index in [0.717, 1.165) is 11.3 Å². The number of hydrogen-bond acceptors (Lipinski definition) is 2. The van der Waals surface area contributed by atoms with E-state index in [0.29, 0.717) is 8.04 Å². The van der Waals surface area contributed by atoms with Crippen molar-refractivity contribution in [3.63, 3.8) is 0 Å². The fourth-order valence-electron chi connectivity index (χ4n) is 1.33. The first-order valence-electron chi connectivity index (χ1n) is 4.45. The van der Waals surface area contributed by atoms with E-state index >= 15 is 0 Å². The standard InChI is InChI=1S/C11H7BrFIN2/c12-7-5-6(8-3-1-2-4-16-8)10(14)11(15)9(7)13/h1-5H,15H2. The van der Waals surface area contributed by atoms with Crippen LogP contribution in [0.25, 0.3) is 11.3 Å². The van der Waals surface area contributed by atoms with Gasteiger partial charge in [0.25, 0.3) is 0 Å². The van der Waals surface area contributed by atoms with Gasteiger partial charge in [-0.15, -0.1) is 0 Å². The molecule has 1 aromatic carbocycles. The molecule has 82 valence electrons. The smallest absolute Gasteiger partial charge is 0.161 e. The van der Waals surface area contributed by atoms with Crippen LogP contribution in [-0.4, -0.2) is 4.98 Å². The van der Waals surface area contributed by atoms with Crippen molar-refractivity contribution in [2.75, 3.05) is 5.73 Å². The molecule has 0 spiro atoms. The van der Waals surface area contributed by atoms with Crippen molar-refractivity contribution in [2.45, 2.75) is 0 Å². The number of halogens is 3. The predicted octanol–water partition coefficient (Wildman–Crippen LogP) is 3.84. The molecule has 0 radical (unpaired) electrons. The Hall–Kier alpha value is -0.690. The summed E-state index contributed by atoms with van der Waals surface area (Å²) in [5, 5.41) is 0. The minimum Gasteiger partial charge on any atom is -0.395 e. The molecule has 2 nitrogen and oxygen atoms in total. The third kappa shape index (κ3) is 2.06. The molecule has 2 aromatic rings. The van der Waals surface area contributed by atoms with Gasteiger partial charge < -0.3 is 5.73 Å². The number of benzene rings is 1. The average molecular weight is 393 g/mol. The van der Waals surface area contributed by atoms with Gasteiger partial charge in [0.2, 0.25) is 0 Å². The maximum Gasteiger partial charge on any atom is 0.161 e. The number of nitrogens with zero attached hydrogens (tertiary/aromatic N) is 1. The molecule has 0 saturated heterocycles. The Morgan fingerprint density at radius 1 is 1.38 bits per heavy atom. The highest BCUT2D eigenvalue weighted by Crippen LogP contribution is 2.34. The average Bonchev–Trinajstić information content (AvgIpc) is 2.32. The Kier molecular flexibility index (Phi) is 3.44. The number of aromatic nitrogens is 1. The Morgan fingerprint density at radius 2 is 2.12 bits per heavy atom. The van der Waals surface area contributed by atoms with Gasteiger partial charge >= 0.3 is 0 Å². The number of anilines is 1. The highest BCUT2D eigenvalue weighted by molar-refractivity contribution is 14.1. The first kappa shape index (κ1) is 11.8. The third-order valence-electron chi connectivity index (χ3n) is 2.13. The molecule has 2 N–H and O–H groups in total. The van der Waals surface area contributed by atoms with Crippen molar-refractivity contribution in [3.05, 3.63) is 44.3 Å². The molecule has 0 aliphatic heterocycles. The van der Waals surface area contributed by atoms with E-state index in [1.54, 1.807) is 12.3 Å². The molecule has 0 saturated carbocycles. The lowest BCUT2D eigenvalue weighted by molar-refractivity contribution is 0.625. The summed E-state index contributed by atoms with van der Waals surface area (Å²) >= 11 is 5.17. The molecule has 1 aromatic heterocycles. The van der Waals surface area contributed by atoms with Gasteiger partial charge in [-0.25, -0.2) is 4.39 Å². The van der Waals surface area contributed by atoms with Crippen LogP contribution >= 0.6 is 38.5 Å². The normalized spacial score (nSPS) is 10.4. The molecule has 0 amide bonds. The van der Waals surface area contributed by atoms with Crippen LogP contribution in [0, 0.1) is 9.39 Å². The summed E-state index contributed by atoms with van der Waals surface area (Å²) in [7, 11) is 0. The fourth-order valence-corrected chi connectivity index (χ4v) is 2.44. The minimum atomic E-state index is -0.427. The van der Waals surface area contributed by atoms with Crippen LogP contribution in [0.2, 0.25) is 0 Å². The van der Waals surface area contributed by atoms with Crippen LogP contribution in [0.1, 0.15) is 0 Å². The Morgan fingerprint density at radius 3 is 2.75 bits per heavy atom. The van der Waals surface area contributed by atoms with E-state index in [2.05, 4.69) is 20.9 Å². The van der Waals surface area contributed by atoms with Gasteiger partial charge in [-0.1, -0.05) is 6.07 Å². The van der Waals surface area contributed by atoms with Crippen LogP contribution in [0.3, 0.4) is 0 Å². The zero-order valence-electron chi connectivity index (χ0n) is 8.05. The van der Waals surface area contributed by atoms with Gasteiger partial charge in [-0.2, -0.15) is 0 Å². The number of pyridine rings is 1. The van der Waals surface area contributed by atoms with E-state index in [1.165, 1.54) is 0 Å². The van der Waals surface area contributed by atoms with Crippen molar-refractivity contribution >= 4 is 44.2 Å². The molecular formula is C11H7BrFIN2. The predicted molar refractivity (Wildman–Crippen MR) is 74.5 cm³/mol. The van der Waals surface area contributed by atoms with Crippen LogP contribution in [0.15, 0.2) is 34.9 Å². The molecule has 5 heteroatoms. The first-order valence-corrected chi connectivity index (χ1v) is 6.33. The van der Waals surface area contributed by atoms with Gasteiger partial charge in [0.05, 0.1) is 15.9 Å². The summed E-state index contributed by atoms with van der Waals surface area (Å²) in [5.41, 5.74) is 7.43. The topological polar surface area (TPSA) is 38.9 Å². The van der Waals surface area contributed by atoms with E-state index in [1.807, 2.05) is 40.8 Å². The van der Waals surface area contributed by atoms with Crippen LogP contribution in [-0.2, 0) is 0 Å². The maximum atomic E-state index is 13.5. The van der Waals surface area contributed by atoms with Gasteiger partial charge in [0.1, 0.15) is 0 Å². The lowest BCUT2D eigenvalue weighted by atomic mass is 10.1. The zero-order valence-corrected chi connectivity index (χ0v) is 11.8. The molecule has 0 fully saturated rings. The first-order chi connectivity index (χ1) is 7.61. The van der Waals surface area contributed by atoms with Gasteiger partial charge in [-0.05, 0) is 56.7 Å². The SMILES string of the molecule is Nc1c(F)c(Br)cc(-c2ccccn2)c1I. The Balaban J connectivity index is 2.68. The highest BCUT2D eigenvalue weighted by Gasteiger charge is 2.14. The van der Waals surface area contributed by atoms with Crippen molar-refractivity contribution < 1.29 is 4.39 Å². The van der Waals surface area contributed by atoms with E-state index < -0.39 is 5.82 Å². The second-order valence-corrected chi connectivity index (χ2v) is 5.10. The number of rotatable bonds is 1. The maximum absolute atomic E-state index is 13.5. The van der Waals surface area contributed by atoms with Crippen LogP contribution in [0.5, 0.6) is 0 Å². The van der Waals surface area contributed by atoms with Crippen molar-refractivity contribution in [3.8, 4) is 11.3 Å². The van der Waals surface area contributed by atoms with Crippen molar-refractivity contribution in [1.29, 1.82) is 0 Å². The van der Waals surface area contributed by atoms with Crippen molar-refractivity contribution in [1.82, 2.24) is 4.98 Å². The van der Waals surface area contributed by atoms with E-state index in [4.69, 9.17) is 5.73 Å². The van der Waals surface area contributed by atoms with Crippen molar-refractivity contribution in [2.24, 2.45) is 0 Å². The second kappa shape index (κ2) is 4.67. The second-order valence-electron chi connectivity index (χ2n) is 3.16. The Bertz CT molecular complexity index is 531. The molecule has 0 aliphatic rings. The van der Waals surface area contributed by atoms with Gasteiger partial charge in [-0.3, -0.25) is 4.98 Å². The van der Waals surface area contributed by atoms with Gasteiger partial charge in [0, 0.05) is 15.3 Å². The monoisotopic (exact) mass is 392 g/mol. The van der Waals surface area contributed by atoms with Crippen LogP contribution < -0.4 is 5.73 Å². The quantitative estimate of drug-likeness (QED) is 0.455. The molecule has 0 unspecified atom stereocenters. The summed E-state index contributed by atoms with van der Waals surface area (Å²) in [5.74, 6) is -0.427. The third-order valence-corrected chi connectivity index (χ3v) is 3.87. The van der Waals surface area contributed by atoms with Gasteiger partial charge in [0.15, 0.2) is 5.82 Å². The molecule has 1 heterocycles. The summed E-state index contributed by atoms with van der Waals surface area (Å²) in [6.45, 7) is 0. The number of nitrogen functional groups attached to an aromatic ring is 1. The minimum absolute atomic E-state index is 0.149. The number of nitrogens with two attached hydrogens (primary N) is 1. The fraction of sp³-hybridized carbons (Fsp3) is 0. The molecule has 0 bridgehead atoms. The summed E-state index contributed by atoms with van der Waals surface area (Å²) in [4.78, 5) is 4.22. The van der Waals surface area contributed by atoms with E-state index in [9.17, 15) is 4.39 Å². The summed E-state index contributed by atoms with van der Waals surface area (Å²) in [6.07, 6.45) is 1.69. The molecule has 2 rings (SSSR count). The summed E-state index contributed by atoms with van der Waals surface area (Å²) < 4.78 is 14.5. The molecule has 0 atom stereocenters. The summed E-state index contributed by atoms with van der Waals surface area (Å²) in [6, 6.07) is 7.27. The molecule has 0 aliphatic carbocycles. The van der Waals surface area contributed by atoms with Crippen LogP contribution in [0.4, 0.5) is 10.1 Å².